The summed E-state index contributed by atoms with van der Waals surface area (Å²) < 4.78 is 13.2. The lowest BCUT2D eigenvalue weighted by atomic mass is 9.82. The van der Waals surface area contributed by atoms with Crippen molar-refractivity contribution in [1.82, 2.24) is 0 Å². The molecule has 0 unspecified atom stereocenters. The molecule has 0 radical (unpaired) electrons. The van der Waals surface area contributed by atoms with E-state index >= 15 is 0 Å². The average molecular weight is 592 g/mol. The first-order valence-corrected chi connectivity index (χ1v) is 15.9. The van der Waals surface area contributed by atoms with Gasteiger partial charge in [0.25, 0.3) is 0 Å². The van der Waals surface area contributed by atoms with Crippen molar-refractivity contribution in [3.8, 4) is 11.1 Å². The SMILES string of the molecule is CC1(C)c2ccccc2-c2ccc(N(c3ccccc3)c3ccc4oc5ccc6c7ccc8ccccc8c7oc6c5c4c3)cc21. The lowest BCUT2D eigenvalue weighted by Gasteiger charge is -2.28. The maximum absolute atomic E-state index is 6.75. The predicted molar refractivity (Wildman–Crippen MR) is 191 cm³/mol. The largest absolute Gasteiger partial charge is 0.456 e. The molecule has 10 rings (SSSR count). The number of anilines is 3. The molecule has 0 N–H and O–H groups in total. The highest BCUT2D eigenvalue weighted by Gasteiger charge is 2.35. The minimum Gasteiger partial charge on any atom is -0.456 e. The first-order valence-electron chi connectivity index (χ1n) is 15.9. The van der Waals surface area contributed by atoms with E-state index in [2.05, 4.69) is 158 Å². The van der Waals surface area contributed by atoms with Crippen molar-refractivity contribution in [2.45, 2.75) is 19.3 Å². The Balaban J connectivity index is 1.21. The van der Waals surface area contributed by atoms with Gasteiger partial charge >= 0.3 is 0 Å². The van der Waals surface area contributed by atoms with Crippen molar-refractivity contribution in [1.29, 1.82) is 0 Å². The van der Waals surface area contributed by atoms with Gasteiger partial charge in [0.1, 0.15) is 22.3 Å². The van der Waals surface area contributed by atoms with Gasteiger partial charge in [-0.05, 0) is 88.3 Å². The molecule has 1 aliphatic carbocycles. The number of benzene rings is 7. The van der Waals surface area contributed by atoms with Crippen LogP contribution in [0.25, 0.3) is 65.8 Å². The van der Waals surface area contributed by atoms with E-state index in [-0.39, 0.29) is 5.41 Å². The van der Waals surface area contributed by atoms with Crippen molar-refractivity contribution in [2.75, 3.05) is 4.90 Å². The van der Waals surface area contributed by atoms with E-state index in [1.807, 2.05) is 0 Å². The molecular weight excluding hydrogens is 562 g/mol. The third-order valence-corrected chi connectivity index (χ3v) is 10.0. The highest BCUT2D eigenvalue weighted by molar-refractivity contribution is 6.24. The van der Waals surface area contributed by atoms with E-state index in [1.165, 1.54) is 27.6 Å². The summed E-state index contributed by atoms with van der Waals surface area (Å²) in [7, 11) is 0. The van der Waals surface area contributed by atoms with Gasteiger partial charge in [-0.1, -0.05) is 92.7 Å². The van der Waals surface area contributed by atoms with Crippen LogP contribution in [0.15, 0.2) is 148 Å². The number of hydrogen-bond donors (Lipinski definition) is 0. The van der Waals surface area contributed by atoms with E-state index in [9.17, 15) is 0 Å². The lowest BCUT2D eigenvalue weighted by molar-refractivity contribution is 0.660. The predicted octanol–water partition coefficient (Wildman–Crippen LogP) is 12.4. The fourth-order valence-corrected chi connectivity index (χ4v) is 7.81. The Morgan fingerprint density at radius 3 is 2.07 bits per heavy atom. The molecule has 0 amide bonds. The van der Waals surface area contributed by atoms with Crippen LogP contribution in [-0.4, -0.2) is 0 Å². The quantitative estimate of drug-likeness (QED) is 0.205. The van der Waals surface area contributed by atoms with Gasteiger partial charge in [-0.2, -0.15) is 0 Å². The Bertz CT molecular complexity index is 2670. The van der Waals surface area contributed by atoms with Crippen LogP contribution in [0.2, 0.25) is 0 Å². The molecule has 7 aromatic carbocycles. The van der Waals surface area contributed by atoms with Crippen molar-refractivity contribution < 1.29 is 8.83 Å². The first-order chi connectivity index (χ1) is 22.6. The van der Waals surface area contributed by atoms with E-state index in [1.54, 1.807) is 0 Å². The summed E-state index contributed by atoms with van der Waals surface area (Å²) >= 11 is 0. The van der Waals surface area contributed by atoms with Crippen molar-refractivity contribution in [2.24, 2.45) is 0 Å². The second kappa shape index (κ2) is 9.12. The zero-order chi connectivity index (χ0) is 30.6. The fraction of sp³-hybridized carbons (Fsp3) is 0.0698. The highest BCUT2D eigenvalue weighted by atomic mass is 16.3. The van der Waals surface area contributed by atoms with Gasteiger partial charge in [0.15, 0.2) is 0 Å². The molecule has 2 aromatic heterocycles. The monoisotopic (exact) mass is 591 g/mol. The molecule has 46 heavy (non-hydrogen) atoms. The zero-order valence-corrected chi connectivity index (χ0v) is 25.5. The van der Waals surface area contributed by atoms with E-state index in [4.69, 9.17) is 8.83 Å². The van der Waals surface area contributed by atoms with Gasteiger partial charge in [-0.3, -0.25) is 0 Å². The molecule has 0 spiro atoms. The Hall–Kier alpha value is -5.80. The molecule has 0 atom stereocenters. The van der Waals surface area contributed by atoms with Crippen LogP contribution in [-0.2, 0) is 5.41 Å². The smallest absolute Gasteiger partial charge is 0.147 e. The third kappa shape index (κ3) is 3.43. The molecule has 2 heterocycles. The number of para-hydroxylation sites is 1. The Kier molecular flexibility index (Phi) is 5.06. The number of furan rings is 2. The second-order valence-corrected chi connectivity index (χ2v) is 12.9. The highest BCUT2D eigenvalue weighted by Crippen LogP contribution is 2.51. The van der Waals surface area contributed by atoms with Crippen molar-refractivity contribution in [3.63, 3.8) is 0 Å². The summed E-state index contributed by atoms with van der Waals surface area (Å²) in [6.07, 6.45) is 0. The standard InChI is InChI=1S/C43H29NO2/c1-43(2)36-15-9-8-14-31(36)32-20-17-29(25-37(32)43)44(27-11-4-3-5-12-27)28-18-22-38-35(24-28)40-39(45-38)23-21-34-33-19-16-26-10-6-7-13-30(26)41(33)46-42(34)40/h3-25H,1-2H3. The zero-order valence-electron chi connectivity index (χ0n) is 25.5. The van der Waals surface area contributed by atoms with Gasteiger partial charge in [-0.15, -0.1) is 0 Å². The lowest BCUT2D eigenvalue weighted by Crippen LogP contribution is -2.16. The van der Waals surface area contributed by atoms with Gasteiger partial charge in [-0.25, -0.2) is 0 Å². The van der Waals surface area contributed by atoms with Crippen molar-refractivity contribution >= 4 is 71.7 Å². The third-order valence-electron chi connectivity index (χ3n) is 10.0. The summed E-state index contributed by atoms with van der Waals surface area (Å²) in [6, 6.07) is 49.8. The molecule has 9 aromatic rings. The number of rotatable bonds is 3. The summed E-state index contributed by atoms with van der Waals surface area (Å²) in [5, 5.41) is 6.55. The molecule has 0 saturated heterocycles. The average Bonchev–Trinajstić information content (AvgIpc) is 3.73. The minimum atomic E-state index is -0.0912. The second-order valence-electron chi connectivity index (χ2n) is 12.9. The van der Waals surface area contributed by atoms with E-state index in [0.29, 0.717) is 0 Å². The number of nitrogens with zero attached hydrogens (tertiary/aromatic N) is 1. The first kappa shape index (κ1) is 25.5. The molecular formula is C43H29NO2. The van der Waals surface area contributed by atoms with E-state index in [0.717, 1.165) is 66.3 Å². The molecule has 0 fully saturated rings. The van der Waals surface area contributed by atoms with Crippen molar-refractivity contribution in [3.05, 3.63) is 151 Å². The van der Waals surface area contributed by atoms with Crippen LogP contribution in [0.5, 0.6) is 0 Å². The topological polar surface area (TPSA) is 29.5 Å². The summed E-state index contributed by atoms with van der Waals surface area (Å²) in [4.78, 5) is 2.35. The molecule has 3 heteroatoms. The maximum atomic E-state index is 6.75. The van der Waals surface area contributed by atoms with Gasteiger partial charge in [0.05, 0.1) is 5.39 Å². The van der Waals surface area contributed by atoms with Crippen LogP contribution in [0, 0.1) is 0 Å². The van der Waals surface area contributed by atoms with Crippen LogP contribution >= 0.6 is 0 Å². The van der Waals surface area contributed by atoms with Crippen LogP contribution in [0.1, 0.15) is 25.0 Å². The van der Waals surface area contributed by atoms with Gasteiger partial charge in [0, 0.05) is 44.0 Å². The Labute approximate surface area is 265 Å². The summed E-state index contributed by atoms with van der Waals surface area (Å²) in [5.74, 6) is 0. The molecule has 218 valence electrons. The molecule has 0 saturated carbocycles. The van der Waals surface area contributed by atoms with Crippen LogP contribution in [0.3, 0.4) is 0 Å². The maximum Gasteiger partial charge on any atom is 0.147 e. The number of hydrogen-bond acceptors (Lipinski definition) is 3. The normalized spacial score (nSPS) is 13.6. The molecule has 1 aliphatic rings. The molecule has 0 bridgehead atoms. The van der Waals surface area contributed by atoms with Gasteiger partial charge < -0.3 is 13.7 Å². The molecule has 0 aliphatic heterocycles. The van der Waals surface area contributed by atoms with Gasteiger partial charge in [0.2, 0.25) is 0 Å². The Morgan fingerprint density at radius 1 is 0.457 bits per heavy atom. The van der Waals surface area contributed by atoms with E-state index < -0.39 is 0 Å². The van der Waals surface area contributed by atoms with Crippen LogP contribution in [0.4, 0.5) is 17.1 Å². The minimum absolute atomic E-state index is 0.0912. The van der Waals surface area contributed by atoms with Crippen LogP contribution < -0.4 is 4.90 Å². The Morgan fingerprint density at radius 2 is 1.15 bits per heavy atom. The molecule has 3 nitrogen and oxygen atoms in total. The summed E-state index contributed by atoms with van der Waals surface area (Å²) in [5.41, 5.74) is 12.0. The fourth-order valence-electron chi connectivity index (χ4n) is 7.81. The summed E-state index contributed by atoms with van der Waals surface area (Å²) in [6.45, 7) is 4.67. The number of fused-ring (bicyclic) bond motifs is 12.